The Morgan fingerprint density at radius 1 is 0.968 bits per heavy atom. The monoisotopic (exact) mass is 426 g/mol. The van der Waals surface area contributed by atoms with Crippen molar-refractivity contribution in [2.24, 2.45) is 0 Å². The minimum absolute atomic E-state index is 0.0911. The molecule has 162 valence electrons. The number of piperidine rings is 1. The molecule has 4 nitrogen and oxygen atoms in total. The van der Waals surface area contributed by atoms with Gasteiger partial charge in [0, 0.05) is 24.6 Å². The molecule has 0 aliphatic carbocycles. The second-order valence-corrected chi connectivity index (χ2v) is 8.35. The summed E-state index contributed by atoms with van der Waals surface area (Å²) in [6, 6.07) is 16.1. The Hall–Kier alpha value is -2.80. The number of para-hydroxylation sites is 1. The van der Waals surface area contributed by atoms with Gasteiger partial charge >= 0.3 is 6.18 Å². The molecule has 3 heterocycles. The van der Waals surface area contributed by atoms with Crippen molar-refractivity contribution in [1.82, 2.24) is 14.7 Å². The molecule has 0 atom stereocenters. The molecule has 0 unspecified atom stereocenters. The summed E-state index contributed by atoms with van der Waals surface area (Å²) >= 11 is 0. The van der Waals surface area contributed by atoms with Gasteiger partial charge in [0.2, 0.25) is 0 Å². The molecule has 0 bridgehead atoms. The van der Waals surface area contributed by atoms with Crippen molar-refractivity contribution in [2.75, 3.05) is 25.0 Å². The summed E-state index contributed by atoms with van der Waals surface area (Å²) in [5.74, 6) is 0.999. The maximum Gasteiger partial charge on any atom is 0.418 e. The first kappa shape index (κ1) is 20.1. The summed E-state index contributed by atoms with van der Waals surface area (Å²) in [7, 11) is 0. The average molecular weight is 426 g/mol. The number of likely N-dealkylation sites (tertiary alicyclic amines) is 1. The van der Waals surface area contributed by atoms with Crippen LogP contribution in [0, 0.1) is 0 Å². The SMILES string of the molecule is FC(F)(F)c1ccccc1-n1nc(C2CCN(Cc3ccccc3)CC2)c2c1NCC2. The average Bonchev–Trinajstić information content (AvgIpc) is 3.38. The fraction of sp³-hybridized carbons (Fsp3) is 0.375. The van der Waals surface area contributed by atoms with Crippen LogP contribution < -0.4 is 5.32 Å². The van der Waals surface area contributed by atoms with Gasteiger partial charge in [-0.05, 0) is 50.0 Å². The lowest BCUT2D eigenvalue weighted by Gasteiger charge is -2.31. The van der Waals surface area contributed by atoms with Crippen LogP contribution in [-0.2, 0) is 19.1 Å². The standard InChI is InChI=1S/C24H25F3N4/c25-24(26,27)20-8-4-5-9-21(20)31-23-19(10-13-28-23)22(29-31)18-11-14-30(15-12-18)16-17-6-2-1-3-7-17/h1-9,18,28H,10-16H2. The fourth-order valence-corrected chi connectivity index (χ4v) is 4.81. The van der Waals surface area contributed by atoms with Crippen LogP contribution in [0.2, 0.25) is 0 Å². The summed E-state index contributed by atoms with van der Waals surface area (Å²) < 4.78 is 42.3. The maximum absolute atomic E-state index is 13.6. The molecule has 2 aliphatic heterocycles. The third kappa shape index (κ3) is 3.94. The maximum atomic E-state index is 13.6. The highest BCUT2D eigenvalue weighted by molar-refractivity contribution is 5.59. The molecule has 0 spiro atoms. The van der Waals surface area contributed by atoms with E-state index in [0.29, 0.717) is 0 Å². The van der Waals surface area contributed by atoms with Crippen LogP contribution in [0.5, 0.6) is 0 Å². The number of anilines is 1. The van der Waals surface area contributed by atoms with E-state index in [1.54, 1.807) is 6.07 Å². The van der Waals surface area contributed by atoms with Gasteiger partial charge in [-0.3, -0.25) is 4.90 Å². The molecule has 0 amide bonds. The number of hydrogen-bond acceptors (Lipinski definition) is 3. The molecule has 2 aliphatic rings. The van der Waals surface area contributed by atoms with Crippen LogP contribution in [0.4, 0.5) is 19.0 Å². The van der Waals surface area contributed by atoms with E-state index < -0.39 is 11.7 Å². The number of halogens is 3. The van der Waals surface area contributed by atoms with E-state index >= 15 is 0 Å². The lowest BCUT2D eigenvalue weighted by Crippen LogP contribution is -2.32. The van der Waals surface area contributed by atoms with Gasteiger partial charge in [0.05, 0.1) is 16.9 Å². The van der Waals surface area contributed by atoms with Crippen molar-refractivity contribution in [2.45, 2.75) is 37.9 Å². The summed E-state index contributed by atoms with van der Waals surface area (Å²) in [6.07, 6.45) is -1.67. The number of nitrogens with one attached hydrogen (secondary N) is 1. The highest BCUT2D eigenvalue weighted by Gasteiger charge is 2.36. The molecule has 2 aromatic carbocycles. The predicted molar refractivity (Wildman–Crippen MR) is 114 cm³/mol. The molecule has 31 heavy (non-hydrogen) atoms. The summed E-state index contributed by atoms with van der Waals surface area (Å²) in [5, 5.41) is 8.01. The van der Waals surface area contributed by atoms with Crippen LogP contribution in [-0.4, -0.2) is 34.3 Å². The van der Waals surface area contributed by atoms with Gasteiger partial charge in [-0.25, -0.2) is 4.68 Å². The lowest BCUT2D eigenvalue weighted by atomic mass is 9.90. The number of benzene rings is 2. The zero-order valence-corrected chi connectivity index (χ0v) is 17.2. The van der Waals surface area contributed by atoms with Crippen molar-refractivity contribution < 1.29 is 13.2 Å². The third-order valence-electron chi connectivity index (χ3n) is 6.34. The second-order valence-electron chi connectivity index (χ2n) is 8.35. The highest BCUT2D eigenvalue weighted by atomic mass is 19.4. The molecule has 1 fully saturated rings. The molecule has 5 rings (SSSR count). The van der Waals surface area contributed by atoms with Crippen molar-refractivity contribution in [3.05, 3.63) is 77.0 Å². The molecule has 3 aromatic rings. The summed E-state index contributed by atoms with van der Waals surface area (Å²) in [5.41, 5.74) is 2.79. The van der Waals surface area contributed by atoms with E-state index in [0.717, 1.165) is 68.6 Å². The fourth-order valence-electron chi connectivity index (χ4n) is 4.81. The Bertz CT molecular complexity index is 1050. The van der Waals surface area contributed by atoms with E-state index in [-0.39, 0.29) is 11.6 Å². The van der Waals surface area contributed by atoms with Crippen LogP contribution in [0.3, 0.4) is 0 Å². The molecule has 7 heteroatoms. The van der Waals surface area contributed by atoms with Gasteiger partial charge in [-0.1, -0.05) is 42.5 Å². The Labute approximate surface area is 179 Å². The van der Waals surface area contributed by atoms with Crippen molar-refractivity contribution >= 4 is 5.82 Å². The van der Waals surface area contributed by atoms with Gasteiger partial charge in [0.1, 0.15) is 5.82 Å². The van der Waals surface area contributed by atoms with Gasteiger partial charge in [-0.15, -0.1) is 0 Å². The Balaban J connectivity index is 1.39. The first-order valence-electron chi connectivity index (χ1n) is 10.8. The van der Waals surface area contributed by atoms with E-state index in [1.807, 2.05) is 6.07 Å². The largest absolute Gasteiger partial charge is 0.418 e. The van der Waals surface area contributed by atoms with E-state index in [9.17, 15) is 13.2 Å². The number of rotatable bonds is 4. The molecule has 1 aromatic heterocycles. The molecule has 0 radical (unpaired) electrons. The Morgan fingerprint density at radius 2 is 1.68 bits per heavy atom. The highest BCUT2D eigenvalue weighted by Crippen LogP contribution is 2.40. The zero-order chi connectivity index (χ0) is 21.4. The van der Waals surface area contributed by atoms with Crippen LogP contribution in [0.1, 0.15) is 41.1 Å². The van der Waals surface area contributed by atoms with Gasteiger partial charge in [-0.2, -0.15) is 18.3 Å². The van der Waals surface area contributed by atoms with E-state index in [4.69, 9.17) is 5.10 Å². The molecule has 1 N–H and O–H groups in total. The quantitative estimate of drug-likeness (QED) is 0.620. The van der Waals surface area contributed by atoms with Crippen LogP contribution in [0.25, 0.3) is 5.69 Å². The number of aromatic nitrogens is 2. The number of nitrogens with zero attached hydrogens (tertiary/aromatic N) is 3. The van der Waals surface area contributed by atoms with Gasteiger partial charge in [0.15, 0.2) is 0 Å². The summed E-state index contributed by atoms with van der Waals surface area (Å²) in [6.45, 7) is 3.60. The van der Waals surface area contributed by atoms with E-state index in [1.165, 1.54) is 22.4 Å². The van der Waals surface area contributed by atoms with Crippen LogP contribution >= 0.6 is 0 Å². The Kier molecular flexibility index (Phi) is 5.22. The summed E-state index contributed by atoms with van der Waals surface area (Å²) in [4.78, 5) is 2.44. The van der Waals surface area contributed by atoms with Gasteiger partial charge in [0.25, 0.3) is 0 Å². The lowest BCUT2D eigenvalue weighted by molar-refractivity contribution is -0.137. The number of alkyl halides is 3. The van der Waals surface area contributed by atoms with Crippen molar-refractivity contribution in [3.63, 3.8) is 0 Å². The number of fused-ring (bicyclic) bond motifs is 1. The third-order valence-corrected chi connectivity index (χ3v) is 6.34. The smallest absolute Gasteiger partial charge is 0.369 e. The van der Waals surface area contributed by atoms with Crippen molar-refractivity contribution in [3.8, 4) is 5.69 Å². The molecule has 0 saturated carbocycles. The second kappa shape index (κ2) is 8.04. The first-order chi connectivity index (χ1) is 15.0. The van der Waals surface area contributed by atoms with E-state index in [2.05, 4.69) is 34.5 Å². The van der Waals surface area contributed by atoms with Gasteiger partial charge < -0.3 is 5.32 Å². The normalized spacial score (nSPS) is 17.5. The predicted octanol–water partition coefficient (Wildman–Crippen LogP) is 5.24. The topological polar surface area (TPSA) is 33.1 Å². The zero-order valence-electron chi connectivity index (χ0n) is 17.2. The molecule has 1 saturated heterocycles. The number of hydrogen-bond donors (Lipinski definition) is 1. The molecular weight excluding hydrogens is 401 g/mol. The van der Waals surface area contributed by atoms with Crippen LogP contribution in [0.15, 0.2) is 54.6 Å². The minimum atomic E-state index is -4.42. The molecular formula is C24H25F3N4. The van der Waals surface area contributed by atoms with Crippen molar-refractivity contribution in [1.29, 1.82) is 0 Å². The Morgan fingerprint density at radius 3 is 2.42 bits per heavy atom. The first-order valence-corrected chi connectivity index (χ1v) is 10.8. The minimum Gasteiger partial charge on any atom is -0.369 e.